The first-order chi connectivity index (χ1) is 10.6. The molecule has 2 aliphatic rings. The number of hydrogen-bond donors (Lipinski definition) is 2. The van der Waals surface area contributed by atoms with Gasteiger partial charge in [0.2, 0.25) is 5.91 Å². The fourth-order valence-corrected chi connectivity index (χ4v) is 3.91. The Labute approximate surface area is 133 Å². The van der Waals surface area contributed by atoms with Crippen molar-refractivity contribution in [3.63, 3.8) is 0 Å². The summed E-state index contributed by atoms with van der Waals surface area (Å²) in [5.74, 6) is 0.912. The van der Waals surface area contributed by atoms with Crippen LogP contribution < -0.4 is 10.9 Å². The van der Waals surface area contributed by atoms with E-state index in [9.17, 15) is 4.79 Å². The predicted molar refractivity (Wildman–Crippen MR) is 88.2 cm³/mol. The molecule has 1 amide bonds. The highest BCUT2D eigenvalue weighted by atomic mass is 16.2. The second-order valence-corrected chi connectivity index (χ2v) is 7.18. The van der Waals surface area contributed by atoms with E-state index in [1.54, 1.807) is 0 Å². The van der Waals surface area contributed by atoms with Crippen LogP contribution in [0.5, 0.6) is 0 Å². The quantitative estimate of drug-likeness (QED) is 0.897. The van der Waals surface area contributed by atoms with Gasteiger partial charge in [-0.25, -0.2) is 0 Å². The van der Waals surface area contributed by atoms with E-state index in [1.165, 1.54) is 0 Å². The maximum Gasteiger partial charge on any atom is 0.226 e. The molecular weight excluding hydrogens is 274 g/mol. The van der Waals surface area contributed by atoms with Crippen LogP contribution in [0.3, 0.4) is 0 Å². The molecule has 0 bridgehead atoms. The number of hydrogen-bond acceptors (Lipinski definition) is 3. The number of nitrogens with one attached hydrogen (secondary N) is 2. The molecule has 2 aliphatic heterocycles. The molecule has 120 valence electrons. The molecule has 4 heteroatoms. The number of benzene rings is 1. The Bertz CT molecular complexity index is 508. The molecule has 2 unspecified atom stereocenters. The number of carbonyl (C=O) groups excluding carboxylic acids is 1. The summed E-state index contributed by atoms with van der Waals surface area (Å²) in [5.41, 5.74) is 8.12. The molecule has 0 aliphatic carbocycles. The monoisotopic (exact) mass is 301 g/mol. The van der Waals surface area contributed by atoms with Gasteiger partial charge in [0.15, 0.2) is 0 Å². The molecule has 2 heterocycles. The van der Waals surface area contributed by atoms with Crippen LogP contribution in [0.15, 0.2) is 30.3 Å². The Balaban J connectivity index is 1.56. The highest BCUT2D eigenvalue weighted by molar-refractivity contribution is 5.78. The fraction of sp³-hybridized carbons (Fsp3) is 0.611. The number of rotatable bonds is 3. The Kier molecular flexibility index (Phi) is 4.50. The lowest BCUT2D eigenvalue weighted by Crippen LogP contribution is -2.52. The number of carbonyl (C=O) groups is 1. The SMILES string of the molecule is CC1CNNC1C1(C)CCN(C(=O)Cc2ccccc2)CC1. The van der Waals surface area contributed by atoms with Crippen molar-refractivity contribution in [1.82, 2.24) is 15.8 Å². The van der Waals surface area contributed by atoms with E-state index in [2.05, 4.69) is 24.7 Å². The minimum atomic E-state index is 0.263. The van der Waals surface area contributed by atoms with Crippen LogP contribution >= 0.6 is 0 Å². The molecule has 2 saturated heterocycles. The van der Waals surface area contributed by atoms with Crippen molar-refractivity contribution in [2.24, 2.45) is 11.3 Å². The number of hydrazine groups is 1. The predicted octanol–water partition coefficient (Wildman–Crippen LogP) is 1.97. The summed E-state index contributed by atoms with van der Waals surface area (Å²) in [6.45, 7) is 7.47. The summed E-state index contributed by atoms with van der Waals surface area (Å²) in [7, 11) is 0. The summed E-state index contributed by atoms with van der Waals surface area (Å²) < 4.78 is 0. The largest absolute Gasteiger partial charge is 0.342 e. The second-order valence-electron chi connectivity index (χ2n) is 7.18. The van der Waals surface area contributed by atoms with Gasteiger partial charge in [-0.3, -0.25) is 15.6 Å². The summed E-state index contributed by atoms with van der Waals surface area (Å²) in [5, 5.41) is 0. The van der Waals surface area contributed by atoms with Crippen molar-refractivity contribution in [2.75, 3.05) is 19.6 Å². The average Bonchev–Trinajstić information content (AvgIpc) is 2.96. The van der Waals surface area contributed by atoms with Crippen LogP contribution in [-0.4, -0.2) is 36.5 Å². The highest BCUT2D eigenvalue weighted by Gasteiger charge is 2.42. The van der Waals surface area contributed by atoms with Gasteiger partial charge in [0.25, 0.3) is 0 Å². The minimum Gasteiger partial charge on any atom is -0.342 e. The highest BCUT2D eigenvalue weighted by Crippen LogP contribution is 2.38. The van der Waals surface area contributed by atoms with Gasteiger partial charge >= 0.3 is 0 Å². The third kappa shape index (κ3) is 3.18. The fourth-order valence-electron chi connectivity index (χ4n) is 3.91. The molecule has 1 aromatic rings. The van der Waals surface area contributed by atoms with E-state index >= 15 is 0 Å². The summed E-state index contributed by atoms with van der Waals surface area (Å²) in [6.07, 6.45) is 2.69. The van der Waals surface area contributed by atoms with E-state index in [1.807, 2.05) is 35.2 Å². The standard InChI is InChI=1S/C18H27N3O/c1-14-13-19-20-17(14)18(2)8-10-21(11-9-18)16(22)12-15-6-4-3-5-7-15/h3-7,14,17,19-20H,8-13H2,1-2H3. The molecule has 22 heavy (non-hydrogen) atoms. The molecule has 0 radical (unpaired) electrons. The van der Waals surface area contributed by atoms with E-state index in [0.29, 0.717) is 18.4 Å². The lowest BCUT2D eigenvalue weighted by molar-refractivity contribution is -0.133. The maximum absolute atomic E-state index is 12.5. The third-order valence-corrected chi connectivity index (χ3v) is 5.46. The van der Waals surface area contributed by atoms with Crippen molar-refractivity contribution >= 4 is 5.91 Å². The average molecular weight is 301 g/mol. The van der Waals surface area contributed by atoms with Crippen LogP contribution in [-0.2, 0) is 11.2 Å². The molecule has 2 atom stereocenters. The van der Waals surface area contributed by atoms with Crippen molar-refractivity contribution in [2.45, 2.75) is 39.2 Å². The lowest BCUT2D eigenvalue weighted by Gasteiger charge is -2.44. The van der Waals surface area contributed by atoms with E-state index in [4.69, 9.17) is 0 Å². The number of likely N-dealkylation sites (tertiary alicyclic amines) is 1. The summed E-state index contributed by atoms with van der Waals surface area (Å²) >= 11 is 0. The van der Waals surface area contributed by atoms with Crippen LogP contribution in [0.4, 0.5) is 0 Å². The van der Waals surface area contributed by atoms with Crippen LogP contribution in [0.1, 0.15) is 32.3 Å². The third-order valence-electron chi connectivity index (χ3n) is 5.46. The lowest BCUT2D eigenvalue weighted by atomic mass is 9.71. The number of amides is 1. The Morgan fingerprint density at radius 1 is 1.27 bits per heavy atom. The zero-order chi connectivity index (χ0) is 15.6. The zero-order valence-corrected chi connectivity index (χ0v) is 13.6. The molecular formula is C18H27N3O. The molecule has 0 aromatic heterocycles. The first-order valence-corrected chi connectivity index (χ1v) is 8.38. The van der Waals surface area contributed by atoms with Gasteiger partial charge in [-0.1, -0.05) is 44.2 Å². The van der Waals surface area contributed by atoms with Gasteiger partial charge in [-0.2, -0.15) is 0 Å². The Morgan fingerprint density at radius 3 is 2.55 bits per heavy atom. The second kappa shape index (κ2) is 6.39. The van der Waals surface area contributed by atoms with Crippen LogP contribution in [0.25, 0.3) is 0 Å². The number of piperidine rings is 1. The van der Waals surface area contributed by atoms with Crippen molar-refractivity contribution < 1.29 is 4.79 Å². The van der Waals surface area contributed by atoms with Crippen molar-refractivity contribution in [3.8, 4) is 0 Å². The summed E-state index contributed by atoms with van der Waals surface area (Å²) in [6, 6.07) is 10.6. The minimum absolute atomic E-state index is 0.263. The van der Waals surface area contributed by atoms with Gasteiger partial charge in [-0.15, -0.1) is 0 Å². The van der Waals surface area contributed by atoms with Gasteiger partial charge < -0.3 is 4.90 Å². The molecule has 3 rings (SSSR count). The van der Waals surface area contributed by atoms with Gasteiger partial charge in [-0.05, 0) is 29.7 Å². The van der Waals surface area contributed by atoms with E-state index in [-0.39, 0.29) is 11.3 Å². The molecule has 0 saturated carbocycles. The summed E-state index contributed by atoms with van der Waals surface area (Å²) in [4.78, 5) is 14.5. The number of nitrogens with zero attached hydrogens (tertiary/aromatic N) is 1. The molecule has 2 fully saturated rings. The Morgan fingerprint density at radius 2 is 1.95 bits per heavy atom. The topological polar surface area (TPSA) is 44.4 Å². The smallest absolute Gasteiger partial charge is 0.226 e. The normalized spacial score (nSPS) is 27.8. The van der Waals surface area contributed by atoms with Gasteiger partial charge in [0, 0.05) is 25.7 Å². The molecule has 0 spiro atoms. The molecule has 2 N–H and O–H groups in total. The van der Waals surface area contributed by atoms with E-state index < -0.39 is 0 Å². The molecule has 1 aromatic carbocycles. The van der Waals surface area contributed by atoms with Crippen LogP contribution in [0, 0.1) is 11.3 Å². The van der Waals surface area contributed by atoms with Crippen molar-refractivity contribution in [1.29, 1.82) is 0 Å². The van der Waals surface area contributed by atoms with Crippen molar-refractivity contribution in [3.05, 3.63) is 35.9 Å². The maximum atomic E-state index is 12.5. The zero-order valence-electron chi connectivity index (χ0n) is 13.6. The van der Waals surface area contributed by atoms with E-state index in [0.717, 1.165) is 38.0 Å². The first-order valence-electron chi connectivity index (χ1n) is 8.38. The van der Waals surface area contributed by atoms with Gasteiger partial charge in [0.1, 0.15) is 0 Å². The van der Waals surface area contributed by atoms with Gasteiger partial charge in [0.05, 0.1) is 6.42 Å². The Hall–Kier alpha value is -1.39. The molecule has 4 nitrogen and oxygen atoms in total. The first kappa shape index (κ1) is 15.5. The van der Waals surface area contributed by atoms with Crippen LogP contribution in [0.2, 0.25) is 0 Å².